The molecule has 78 valence electrons. The minimum Gasteiger partial charge on any atom is -0.462 e. The van der Waals surface area contributed by atoms with Gasteiger partial charge >= 0.3 is 5.97 Å². The summed E-state index contributed by atoms with van der Waals surface area (Å²) in [7, 11) is 0. The number of carbonyl (C=O) groups is 1. The molecule has 1 fully saturated rings. The molecule has 1 aliphatic heterocycles. The normalized spacial score (nSPS) is 26.1. The van der Waals surface area contributed by atoms with Crippen molar-refractivity contribution in [2.75, 3.05) is 6.61 Å². The summed E-state index contributed by atoms with van der Waals surface area (Å²) >= 11 is 0. The standard InChI is InChI=1S/C8H15NO3.ClH/c1-7(2)5-12-6(10)8(3,4)9(7)11;/h11H,5H2,1-4H3;1H. The summed E-state index contributed by atoms with van der Waals surface area (Å²) in [5.74, 6) is -0.385. The van der Waals surface area contributed by atoms with Crippen molar-refractivity contribution < 1.29 is 14.7 Å². The summed E-state index contributed by atoms with van der Waals surface area (Å²) in [5, 5.41) is 10.7. The molecule has 0 aliphatic carbocycles. The second-order valence-corrected chi connectivity index (χ2v) is 4.26. The van der Waals surface area contributed by atoms with Gasteiger partial charge in [0.25, 0.3) is 0 Å². The molecular weight excluding hydrogens is 194 g/mol. The molecule has 1 aliphatic rings. The molecule has 1 heterocycles. The van der Waals surface area contributed by atoms with Crippen LogP contribution in [0.3, 0.4) is 0 Å². The van der Waals surface area contributed by atoms with E-state index < -0.39 is 11.1 Å². The molecule has 0 aromatic heterocycles. The summed E-state index contributed by atoms with van der Waals surface area (Å²) in [6.45, 7) is 7.14. The number of hydrogen-bond acceptors (Lipinski definition) is 4. The van der Waals surface area contributed by atoms with Crippen LogP contribution in [0, 0.1) is 0 Å². The van der Waals surface area contributed by atoms with E-state index in [1.54, 1.807) is 13.8 Å². The zero-order valence-corrected chi connectivity index (χ0v) is 9.14. The van der Waals surface area contributed by atoms with Gasteiger partial charge in [0, 0.05) is 0 Å². The number of rotatable bonds is 0. The number of morpholine rings is 1. The predicted molar refractivity (Wildman–Crippen MR) is 50.0 cm³/mol. The Labute approximate surface area is 84.2 Å². The second kappa shape index (κ2) is 3.44. The fourth-order valence-corrected chi connectivity index (χ4v) is 1.32. The first-order valence-electron chi connectivity index (χ1n) is 3.95. The van der Waals surface area contributed by atoms with Gasteiger partial charge in [-0.05, 0) is 27.7 Å². The van der Waals surface area contributed by atoms with E-state index in [4.69, 9.17) is 4.74 Å². The number of nitrogens with zero attached hydrogens (tertiary/aromatic N) is 1. The maximum absolute atomic E-state index is 11.2. The molecule has 4 nitrogen and oxygen atoms in total. The first-order chi connectivity index (χ1) is 5.28. The van der Waals surface area contributed by atoms with Crippen LogP contribution in [0.5, 0.6) is 0 Å². The molecule has 0 radical (unpaired) electrons. The maximum atomic E-state index is 11.2. The highest BCUT2D eigenvalue weighted by Gasteiger charge is 2.48. The summed E-state index contributed by atoms with van der Waals surface area (Å²) in [6.07, 6.45) is 0. The monoisotopic (exact) mass is 209 g/mol. The van der Waals surface area contributed by atoms with Gasteiger partial charge in [-0.15, -0.1) is 12.4 Å². The minimum atomic E-state index is -0.943. The van der Waals surface area contributed by atoms with Crippen LogP contribution in [0.2, 0.25) is 0 Å². The number of hydrogen-bond donors (Lipinski definition) is 1. The van der Waals surface area contributed by atoms with Gasteiger partial charge in [-0.25, -0.2) is 4.79 Å². The van der Waals surface area contributed by atoms with Gasteiger partial charge in [-0.3, -0.25) is 0 Å². The van der Waals surface area contributed by atoms with Crippen molar-refractivity contribution in [2.45, 2.75) is 38.8 Å². The molecule has 0 aromatic carbocycles. The molecule has 0 saturated carbocycles. The van der Waals surface area contributed by atoms with E-state index in [2.05, 4.69) is 0 Å². The van der Waals surface area contributed by atoms with Crippen molar-refractivity contribution in [3.05, 3.63) is 0 Å². The van der Waals surface area contributed by atoms with Crippen LogP contribution in [0.15, 0.2) is 0 Å². The van der Waals surface area contributed by atoms with Crippen molar-refractivity contribution in [2.24, 2.45) is 0 Å². The summed E-state index contributed by atoms with van der Waals surface area (Å²) in [6, 6.07) is 0. The smallest absolute Gasteiger partial charge is 0.328 e. The Balaban J connectivity index is 0.00000144. The Morgan fingerprint density at radius 2 is 1.85 bits per heavy atom. The van der Waals surface area contributed by atoms with E-state index in [0.29, 0.717) is 0 Å². The Hall–Kier alpha value is -0.320. The lowest BCUT2D eigenvalue weighted by molar-refractivity contribution is -0.264. The molecular formula is C8H16ClNO3. The van der Waals surface area contributed by atoms with Crippen LogP contribution < -0.4 is 0 Å². The summed E-state index contributed by atoms with van der Waals surface area (Å²) in [4.78, 5) is 11.2. The molecule has 1 rings (SSSR count). The van der Waals surface area contributed by atoms with Gasteiger partial charge in [-0.1, -0.05) is 0 Å². The lowest BCUT2D eigenvalue weighted by Crippen LogP contribution is -2.64. The van der Waals surface area contributed by atoms with E-state index in [9.17, 15) is 10.0 Å². The highest BCUT2D eigenvalue weighted by atomic mass is 35.5. The van der Waals surface area contributed by atoms with Crippen molar-refractivity contribution in [1.82, 2.24) is 5.06 Å². The Morgan fingerprint density at radius 3 is 2.23 bits per heavy atom. The average molecular weight is 210 g/mol. The number of hydroxylamine groups is 2. The summed E-state index contributed by atoms with van der Waals surface area (Å²) < 4.78 is 4.94. The molecule has 0 atom stereocenters. The van der Waals surface area contributed by atoms with Gasteiger partial charge in [0.2, 0.25) is 0 Å². The molecule has 0 spiro atoms. The van der Waals surface area contributed by atoms with Crippen molar-refractivity contribution in [3.8, 4) is 0 Å². The molecule has 13 heavy (non-hydrogen) atoms. The van der Waals surface area contributed by atoms with Crippen molar-refractivity contribution in [1.29, 1.82) is 0 Å². The van der Waals surface area contributed by atoms with Crippen LogP contribution >= 0.6 is 12.4 Å². The van der Waals surface area contributed by atoms with Gasteiger partial charge in [-0.2, -0.15) is 5.06 Å². The van der Waals surface area contributed by atoms with Crippen LogP contribution in [0.1, 0.15) is 27.7 Å². The third kappa shape index (κ3) is 1.95. The molecule has 1 saturated heterocycles. The lowest BCUT2D eigenvalue weighted by Gasteiger charge is -2.46. The fourth-order valence-electron chi connectivity index (χ4n) is 1.32. The van der Waals surface area contributed by atoms with Gasteiger partial charge in [0.05, 0.1) is 5.54 Å². The number of esters is 1. The predicted octanol–water partition coefficient (Wildman–Crippen LogP) is 1.21. The van der Waals surface area contributed by atoms with Crippen molar-refractivity contribution >= 4 is 18.4 Å². The average Bonchev–Trinajstić information content (AvgIpc) is 1.96. The van der Waals surface area contributed by atoms with E-state index in [0.717, 1.165) is 5.06 Å². The number of carbonyl (C=O) groups excluding carboxylic acids is 1. The molecule has 1 N–H and O–H groups in total. The first-order valence-corrected chi connectivity index (χ1v) is 3.95. The van der Waals surface area contributed by atoms with Gasteiger partial charge in [0.15, 0.2) is 0 Å². The third-order valence-corrected chi connectivity index (χ3v) is 2.16. The van der Waals surface area contributed by atoms with Crippen LogP contribution in [-0.4, -0.2) is 33.9 Å². The van der Waals surface area contributed by atoms with Gasteiger partial charge in [0.1, 0.15) is 12.1 Å². The van der Waals surface area contributed by atoms with Crippen LogP contribution in [0.4, 0.5) is 0 Å². The van der Waals surface area contributed by atoms with E-state index in [-0.39, 0.29) is 25.0 Å². The minimum absolute atomic E-state index is 0. The van der Waals surface area contributed by atoms with Crippen molar-refractivity contribution in [3.63, 3.8) is 0 Å². The molecule has 0 aromatic rings. The van der Waals surface area contributed by atoms with Crippen LogP contribution in [-0.2, 0) is 9.53 Å². The Bertz CT molecular complexity index is 215. The van der Waals surface area contributed by atoms with Crippen LogP contribution in [0.25, 0.3) is 0 Å². The third-order valence-electron chi connectivity index (χ3n) is 2.16. The van der Waals surface area contributed by atoms with E-state index in [1.165, 1.54) is 0 Å². The molecule has 0 amide bonds. The second-order valence-electron chi connectivity index (χ2n) is 4.26. The zero-order chi connectivity index (χ0) is 9.57. The Morgan fingerprint density at radius 1 is 1.38 bits per heavy atom. The molecule has 0 bridgehead atoms. The fraction of sp³-hybridized carbons (Fsp3) is 0.875. The Kier molecular flexibility index (Phi) is 3.36. The number of cyclic esters (lactones) is 1. The SMILES string of the molecule is CC1(C)COC(=O)C(C)(C)N1O.Cl. The molecule has 5 heteroatoms. The highest BCUT2D eigenvalue weighted by Crippen LogP contribution is 2.29. The maximum Gasteiger partial charge on any atom is 0.328 e. The zero-order valence-electron chi connectivity index (χ0n) is 8.33. The summed E-state index contributed by atoms with van der Waals surface area (Å²) in [5.41, 5.74) is -1.45. The van der Waals surface area contributed by atoms with Gasteiger partial charge < -0.3 is 9.94 Å². The quantitative estimate of drug-likeness (QED) is 0.610. The first kappa shape index (κ1) is 12.7. The lowest BCUT2D eigenvalue weighted by atomic mass is 9.94. The van der Waals surface area contributed by atoms with E-state index >= 15 is 0 Å². The number of ether oxygens (including phenoxy) is 1. The largest absolute Gasteiger partial charge is 0.462 e. The van der Waals surface area contributed by atoms with E-state index in [1.807, 2.05) is 13.8 Å². The highest BCUT2D eigenvalue weighted by molar-refractivity contribution is 5.85. The number of halogens is 1. The topological polar surface area (TPSA) is 49.8 Å². The molecule has 0 unspecified atom stereocenters.